The second kappa shape index (κ2) is 7.64. The molecule has 0 radical (unpaired) electrons. The van der Waals surface area contributed by atoms with Crippen LogP contribution in [-0.4, -0.2) is 21.3 Å². The molecule has 1 unspecified atom stereocenters. The highest BCUT2D eigenvalue weighted by atomic mass is 79.9. The van der Waals surface area contributed by atoms with Crippen molar-refractivity contribution in [2.75, 3.05) is 5.88 Å². The Morgan fingerprint density at radius 3 is 2.92 bits per heavy atom. The number of thiazole rings is 1. The molecule has 134 valence electrons. The third kappa shape index (κ3) is 3.71. The number of carbonyl (C=O) groups excluding carboxylic acids is 1. The highest BCUT2D eigenvalue weighted by Crippen LogP contribution is 2.33. The van der Waals surface area contributed by atoms with E-state index in [4.69, 9.17) is 11.6 Å². The fraction of sp³-hybridized carbons (Fsp3) is 0.444. The van der Waals surface area contributed by atoms with Crippen molar-refractivity contribution in [2.45, 2.75) is 39.8 Å². The maximum atomic E-state index is 12.6. The second-order valence-electron chi connectivity index (χ2n) is 6.46. The number of hydrogen-bond acceptors (Lipinski definition) is 3. The second-order valence-corrected chi connectivity index (χ2v) is 8.64. The Morgan fingerprint density at radius 2 is 2.24 bits per heavy atom. The topological polar surface area (TPSA) is 42.3 Å². The lowest BCUT2D eigenvalue weighted by Crippen LogP contribution is -2.38. The van der Waals surface area contributed by atoms with Gasteiger partial charge in [-0.3, -0.25) is 19.1 Å². The highest BCUT2D eigenvalue weighted by Gasteiger charge is 2.27. The number of carbonyl (C=O) groups is 1. The minimum Gasteiger partial charge on any atom is -0.296 e. The zero-order valence-corrected chi connectivity index (χ0v) is 17.4. The summed E-state index contributed by atoms with van der Waals surface area (Å²) in [4.78, 5) is 26.7. The molecule has 0 saturated carbocycles. The number of amides is 1. The molecule has 1 aromatic heterocycles. The molecule has 4 nitrogen and oxygen atoms in total. The monoisotopic (exact) mass is 442 g/mol. The van der Waals surface area contributed by atoms with Crippen LogP contribution in [0.1, 0.15) is 33.1 Å². The fourth-order valence-electron chi connectivity index (χ4n) is 3.53. The van der Waals surface area contributed by atoms with Crippen LogP contribution in [0.4, 0.5) is 0 Å². The van der Waals surface area contributed by atoms with Gasteiger partial charge < -0.3 is 0 Å². The molecular formula is C18H20BrClN2O2S. The summed E-state index contributed by atoms with van der Waals surface area (Å²) in [6, 6.07) is 5.75. The van der Waals surface area contributed by atoms with Gasteiger partial charge in [0.15, 0.2) is 0 Å². The summed E-state index contributed by atoms with van der Waals surface area (Å²) in [7, 11) is 0. The van der Waals surface area contributed by atoms with Crippen molar-refractivity contribution in [1.29, 1.82) is 0 Å². The molecule has 25 heavy (non-hydrogen) atoms. The predicted molar refractivity (Wildman–Crippen MR) is 107 cm³/mol. The quantitative estimate of drug-likeness (QED) is 0.628. The lowest BCUT2D eigenvalue weighted by Gasteiger charge is -2.34. The summed E-state index contributed by atoms with van der Waals surface area (Å²) in [5, 5.41) is 0. The van der Waals surface area contributed by atoms with Crippen LogP contribution in [0.25, 0.3) is 10.2 Å². The Balaban J connectivity index is 2.07. The Kier molecular flexibility index (Phi) is 5.71. The lowest BCUT2D eigenvalue weighted by atomic mass is 9.88. The van der Waals surface area contributed by atoms with Crippen molar-refractivity contribution >= 4 is 55.0 Å². The van der Waals surface area contributed by atoms with Crippen molar-refractivity contribution in [3.05, 3.63) is 43.6 Å². The third-order valence-corrected chi connectivity index (χ3v) is 6.38. The van der Waals surface area contributed by atoms with Gasteiger partial charge in [0.05, 0.1) is 10.2 Å². The Morgan fingerprint density at radius 1 is 1.48 bits per heavy atom. The zero-order valence-electron chi connectivity index (χ0n) is 14.2. The molecule has 1 aliphatic carbocycles. The maximum absolute atomic E-state index is 12.6. The molecule has 1 amide bonds. The van der Waals surface area contributed by atoms with Crippen LogP contribution in [0.5, 0.6) is 0 Å². The van der Waals surface area contributed by atoms with E-state index in [0.29, 0.717) is 0 Å². The lowest BCUT2D eigenvalue weighted by molar-refractivity contribution is -0.128. The SMILES string of the molecule is CC1=C(N(Cn2c(=O)sc3cc(Br)ccc32)C(=O)CCl)C(C)CCC1. The molecule has 3 rings (SSSR count). The molecule has 0 bridgehead atoms. The Hall–Kier alpha value is -1.11. The van der Waals surface area contributed by atoms with Gasteiger partial charge in [-0.2, -0.15) is 0 Å². The van der Waals surface area contributed by atoms with Gasteiger partial charge in [-0.1, -0.05) is 39.8 Å². The number of rotatable bonds is 4. The first-order valence-electron chi connectivity index (χ1n) is 8.27. The molecule has 1 aromatic carbocycles. The first-order chi connectivity index (χ1) is 11.9. The van der Waals surface area contributed by atoms with Gasteiger partial charge in [-0.15, -0.1) is 11.6 Å². The number of halogens is 2. The number of allylic oxidation sites excluding steroid dienone is 2. The first-order valence-corrected chi connectivity index (χ1v) is 10.4. The average molecular weight is 444 g/mol. The average Bonchev–Trinajstić information content (AvgIpc) is 2.87. The number of alkyl halides is 1. The van der Waals surface area contributed by atoms with E-state index in [2.05, 4.69) is 29.8 Å². The number of aromatic nitrogens is 1. The van der Waals surface area contributed by atoms with E-state index >= 15 is 0 Å². The predicted octanol–water partition coefficient (Wildman–Crippen LogP) is 4.94. The van der Waals surface area contributed by atoms with E-state index in [0.717, 1.165) is 39.6 Å². The van der Waals surface area contributed by atoms with Crippen molar-refractivity contribution in [3.63, 3.8) is 0 Å². The maximum Gasteiger partial charge on any atom is 0.309 e. The molecule has 1 aliphatic rings. The Bertz CT molecular complexity index is 902. The summed E-state index contributed by atoms with van der Waals surface area (Å²) in [5.74, 6) is 0.0371. The van der Waals surface area contributed by atoms with E-state index in [1.807, 2.05) is 18.2 Å². The normalized spacial score (nSPS) is 18.0. The molecule has 7 heteroatoms. The summed E-state index contributed by atoms with van der Waals surface area (Å²) in [6.45, 7) is 4.42. The highest BCUT2D eigenvalue weighted by molar-refractivity contribution is 9.10. The van der Waals surface area contributed by atoms with Crippen molar-refractivity contribution in [3.8, 4) is 0 Å². The molecule has 0 fully saturated rings. The van der Waals surface area contributed by atoms with E-state index in [1.54, 1.807) is 9.47 Å². The summed E-state index contributed by atoms with van der Waals surface area (Å²) < 4.78 is 3.50. The zero-order chi connectivity index (χ0) is 18.1. The van der Waals surface area contributed by atoms with Crippen molar-refractivity contribution in [2.24, 2.45) is 5.92 Å². The number of nitrogens with zero attached hydrogens (tertiary/aromatic N) is 2. The molecule has 2 aromatic rings. The molecule has 0 saturated heterocycles. The van der Waals surface area contributed by atoms with E-state index in [9.17, 15) is 9.59 Å². The summed E-state index contributed by atoms with van der Waals surface area (Å²) in [6.07, 6.45) is 3.16. The van der Waals surface area contributed by atoms with E-state index in [1.165, 1.54) is 16.9 Å². The van der Waals surface area contributed by atoms with Gasteiger partial charge in [-0.25, -0.2) is 0 Å². The largest absolute Gasteiger partial charge is 0.309 e. The molecule has 1 heterocycles. The number of fused-ring (bicyclic) bond motifs is 1. The van der Waals surface area contributed by atoms with Gasteiger partial charge in [0, 0.05) is 10.2 Å². The van der Waals surface area contributed by atoms with Gasteiger partial charge in [0.25, 0.3) is 0 Å². The van der Waals surface area contributed by atoms with Gasteiger partial charge >= 0.3 is 4.87 Å². The van der Waals surface area contributed by atoms with Crippen molar-refractivity contribution in [1.82, 2.24) is 9.47 Å². The van der Waals surface area contributed by atoms with Crippen molar-refractivity contribution < 1.29 is 4.79 Å². The van der Waals surface area contributed by atoms with E-state index < -0.39 is 0 Å². The minimum absolute atomic E-state index is 0.0674. The number of hydrogen-bond donors (Lipinski definition) is 0. The molecular weight excluding hydrogens is 424 g/mol. The molecule has 0 spiro atoms. The van der Waals surface area contributed by atoms with Crippen LogP contribution in [0.2, 0.25) is 0 Å². The third-order valence-electron chi connectivity index (χ3n) is 4.71. The van der Waals surface area contributed by atoms with Crippen LogP contribution < -0.4 is 4.87 Å². The van der Waals surface area contributed by atoms with Gasteiger partial charge in [0.2, 0.25) is 5.91 Å². The Labute approximate surface area is 164 Å². The standard InChI is InChI=1S/C18H20BrClN2O2S/c1-11-4-3-5-12(2)17(11)22(16(23)9-20)10-21-14-7-6-13(19)8-15(14)25-18(21)24/h6-8,11H,3-5,9-10H2,1-2H3. The summed E-state index contributed by atoms with van der Waals surface area (Å²) in [5.41, 5.74) is 3.08. The van der Waals surface area contributed by atoms with Gasteiger partial charge in [-0.05, 0) is 50.3 Å². The van der Waals surface area contributed by atoms with Crippen LogP contribution in [-0.2, 0) is 11.5 Å². The molecule has 0 N–H and O–H groups in total. The first kappa shape index (κ1) is 18.7. The molecule has 1 atom stereocenters. The van der Waals surface area contributed by atoms with Crippen LogP contribution in [0, 0.1) is 5.92 Å². The smallest absolute Gasteiger partial charge is 0.296 e. The minimum atomic E-state index is -0.159. The van der Waals surface area contributed by atoms with Gasteiger partial charge in [0.1, 0.15) is 12.5 Å². The molecule has 0 aliphatic heterocycles. The van der Waals surface area contributed by atoms with Crippen LogP contribution >= 0.6 is 38.9 Å². The number of benzene rings is 1. The van der Waals surface area contributed by atoms with Crippen LogP contribution in [0.3, 0.4) is 0 Å². The summed E-state index contributed by atoms with van der Waals surface area (Å²) >= 11 is 10.5. The van der Waals surface area contributed by atoms with E-state index in [-0.39, 0.29) is 29.2 Å². The fourth-order valence-corrected chi connectivity index (χ4v) is 5.11. The van der Waals surface area contributed by atoms with Crippen LogP contribution in [0.15, 0.2) is 38.7 Å².